The molecule has 7 nitrogen and oxygen atoms in total. The maximum Gasteiger partial charge on any atom is 0.335 e. The van der Waals surface area contributed by atoms with Crippen molar-refractivity contribution in [2.45, 2.75) is 4.90 Å². The van der Waals surface area contributed by atoms with Crippen LogP contribution in [0.15, 0.2) is 33.9 Å². The number of nitrogens with zero attached hydrogens (tertiary/aromatic N) is 1. The lowest BCUT2D eigenvalue weighted by Gasteiger charge is -2.07. The first-order chi connectivity index (χ1) is 9.31. The Kier molecular flexibility index (Phi) is 3.40. The third-order valence-electron chi connectivity index (χ3n) is 2.21. The molecule has 10 heteroatoms. The molecule has 0 atom stereocenters. The van der Waals surface area contributed by atoms with Crippen molar-refractivity contribution in [3.63, 3.8) is 0 Å². The Morgan fingerprint density at radius 2 is 2.05 bits per heavy atom. The van der Waals surface area contributed by atoms with Crippen molar-refractivity contribution in [3.8, 4) is 0 Å². The van der Waals surface area contributed by atoms with E-state index in [0.717, 1.165) is 12.3 Å². The molecule has 0 radical (unpaired) electrons. The van der Waals surface area contributed by atoms with Crippen LogP contribution in [0.1, 0.15) is 10.4 Å². The average molecular weight is 304 g/mol. The van der Waals surface area contributed by atoms with Crippen LogP contribution in [0.4, 0.5) is 14.6 Å². The van der Waals surface area contributed by atoms with Gasteiger partial charge in [0.05, 0.1) is 5.56 Å². The van der Waals surface area contributed by atoms with Crippen LogP contribution in [0, 0.1) is 11.6 Å². The number of carboxylic acid groups (broad SMARTS) is 1. The van der Waals surface area contributed by atoms with E-state index >= 15 is 0 Å². The molecule has 0 bridgehead atoms. The van der Waals surface area contributed by atoms with Gasteiger partial charge in [-0.2, -0.15) is 0 Å². The van der Waals surface area contributed by atoms with Gasteiger partial charge in [0.25, 0.3) is 10.0 Å². The van der Waals surface area contributed by atoms with E-state index < -0.39 is 38.1 Å². The number of benzene rings is 1. The summed E-state index contributed by atoms with van der Waals surface area (Å²) < 4.78 is 56.7. The summed E-state index contributed by atoms with van der Waals surface area (Å²) in [6.07, 6.45) is 1.06. The predicted molar refractivity (Wildman–Crippen MR) is 60.6 cm³/mol. The first-order valence-electron chi connectivity index (χ1n) is 4.97. The Balaban J connectivity index is 2.53. The molecule has 0 aliphatic heterocycles. The molecule has 2 N–H and O–H groups in total. The largest absolute Gasteiger partial charge is 0.478 e. The van der Waals surface area contributed by atoms with E-state index in [1.54, 1.807) is 0 Å². The van der Waals surface area contributed by atoms with Crippen LogP contribution in [0.25, 0.3) is 0 Å². The van der Waals surface area contributed by atoms with Gasteiger partial charge in [-0.25, -0.2) is 22.0 Å². The van der Waals surface area contributed by atoms with Gasteiger partial charge < -0.3 is 9.63 Å². The number of hydrogen-bond acceptors (Lipinski definition) is 5. The zero-order valence-corrected chi connectivity index (χ0v) is 10.3. The van der Waals surface area contributed by atoms with E-state index in [0.29, 0.717) is 12.1 Å². The lowest BCUT2D eigenvalue weighted by molar-refractivity contribution is 0.0696. The van der Waals surface area contributed by atoms with Gasteiger partial charge in [-0.15, -0.1) is 0 Å². The molecule has 0 saturated carbocycles. The molecule has 0 fully saturated rings. The molecule has 1 aromatic carbocycles. The van der Waals surface area contributed by atoms with Gasteiger partial charge in [0.2, 0.25) is 0 Å². The van der Waals surface area contributed by atoms with E-state index in [-0.39, 0.29) is 5.82 Å². The summed E-state index contributed by atoms with van der Waals surface area (Å²) in [6, 6.07) is 2.02. The Morgan fingerprint density at radius 1 is 1.35 bits per heavy atom. The molecular formula is C10H6F2N2O5S. The van der Waals surface area contributed by atoms with Crippen molar-refractivity contribution in [1.29, 1.82) is 0 Å². The Hall–Kier alpha value is -2.49. The molecule has 0 amide bonds. The highest BCUT2D eigenvalue weighted by Gasteiger charge is 2.25. The second-order valence-corrected chi connectivity index (χ2v) is 5.22. The summed E-state index contributed by atoms with van der Waals surface area (Å²) in [6.45, 7) is 0. The monoisotopic (exact) mass is 304 g/mol. The summed E-state index contributed by atoms with van der Waals surface area (Å²) in [5.41, 5.74) is -0.704. The van der Waals surface area contributed by atoms with Gasteiger partial charge in [0.1, 0.15) is 11.2 Å². The van der Waals surface area contributed by atoms with Crippen LogP contribution in [0.2, 0.25) is 0 Å². The second-order valence-electron chi connectivity index (χ2n) is 3.57. The smallest absolute Gasteiger partial charge is 0.335 e. The number of aromatic nitrogens is 1. The van der Waals surface area contributed by atoms with Crippen LogP contribution in [-0.2, 0) is 10.0 Å². The first-order valence-corrected chi connectivity index (χ1v) is 6.45. The molecule has 0 saturated heterocycles. The van der Waals surface area contributed by atoms with E-state index in [1.165, 1.54) is 0 Å². The summed E-state index contributed by atoms with van der Waals surface area (Å²) in [4.78, 5) is 9.59. The number of halogens is 2. The third kappa shape index (κ3) is 2.59. The Bertz CT molecular complexity index is 758. The summed E-state index contributed by atoms with van der Waals surface area (Å²) in [5, 5.41) is 12.0. The molecule has 0 aliphatic rings. The van der Waals surface area contributed by atoms with Gasteiger partial charge in [-0.05, 0) is 12.1 Å². The molecule has 106 valence electrons. The number of anilines is 1. The zero-order valence-electron chi connectivity index (χ0n) is 9.50. The molecule has 1 heterocycles. The van der Waals surface area contributed by atoms with E-state index in [2.05, 4.69) is 9.68 Å². The van der Waals surface area contributed by atoms with Crippen molar-refractivity contribution in [2.24, 2.45) is 0 Å². The van der Waals surface area contributed by atoms with Crippen molar-refractivity contribution in [2.75, 3.05) is 4.72 Å². The van der Waals surface area contributed by atoms with Crippen molar-refractivity contribution in [3.05, 3.63) is 41.7 Å². The van der Waals surface area contributed by atoms with Crippen molar-refractivity contribution < 1.29 is 31.6 Å². The van der Waals surface area contributed by atoms with Crippen LogP contribution in [0.5, 0.6) is 0 Å². The maximum absolute atomic E-state index is 13.5. The number of sulfonamides is 1. The SMILES string of the molecule is O=C(O)c1cc(F)c(F)c(S(=O)(=O)Nc2ccon2)c1. The molecule has 0 aliphatic carbocycles. The second kappa shape index (κ2) is 4.89. The highest BCUT2D eigenvalue weighted by molar-refractivity contribution is 7.92. The first kappa shape index (κ1) is 13.9. The lowest BCUT2D eigenvalue weighted by Crippen LogP contribution is -2.16. The maximum atomic E-state index is 13.5. The normalized spacial score (nSPS) is 11.3. The quantitative estimate of drug-likeness (QED) is 0.884. The molecule has 2 rings (SSSR count). The fourth-order valence-electron chi connectivity index (χ4n) is 1.34. The van der Waals surface area contributed by atoms with Gasteiger partial charge in [0, 0.05) is 6.07 Å². The predicted octanol–water partition coefficient (Wildman–Crippen LogP) is 1.45. The number of nitrogens with one attached hydrogen (secondary N) is 1. The highest BCUT2D eigenvalue weighted by Crippen LogP contribution is 2.22. The molecule has 2 aromatic rings. The van der Waals surface area contributed by atoms with Crippen molar-refractivity contribution in [1.82, 2.24) is 5.16 Å². The average Bonchev–Trinajstić information content (AvgIpc) is 2.83. The third-order valence-corrected chi connectivity index (χ3v) is 3.56. The molecule has 1 aromatic heterocycles. The van der Waals surface area contributed by atoms with Crippen LogP contribution in [-0.4, -0.2) is 24.7 Å². The fourth-order valence-corrected chi connectivity index (χ4v) is 2.45. The van der Waals surface area contributed by atoms with E-state index in [9.17, 15) is 22.0 Å². The number of hydrogen-bond donors (Lipinski definition) is 2. The topological polar surface area (TPSA) is 110 Å². The summed E-state index contributed by atoms with van der Waals surface area (Å²) >= 11 is 0. The number of aromatic carboxylic acids is 1. The van der Waals surface area contributed by atoms with Gasteiger partial charge >= 0.3 is 5.97 Å². The minimum absolute atomic E-state index is 0.259. The molecule has 20 heavy (non-hydrogen) atoms. The van der Waals surface area contributed by atoms with Gasteiger partial charge in [-0.3, -0.25) is 4.72 Å². The molecule has 0 spiro atoms. The number of carbonyl (C=O) groups is 1. The standard InChI is InChI=1S/C10H6F2N2O5S/c11-6-3-5(10(15)16)4-7(9(6)12)20(17,18)14-8-1-2-19-13-8/h1-4H,(H,13,14)(H,15,16). The minimum atomic E-state index is -4.54. The van der Waals surface area contributed by atoms with Gasteiger partial charge in [0.15, 0.2) is 17.5 Å². The minimum Gasteiger partial charge on any atom is -0.478 e. The van der Waals surface area contributed by atoms with Crippen LogP contribution in [0.3, 0.4) is 0 Å². The summed E-state index contributed by atoms with van der Waals surface area (Å²) in [5.74, 6) is -5.14. The fraction of sp³-hybridized carbons (Fsp3) is 0. The van der Waals surface area contributed by atoms with E-state index in [1.807, 2.05) is 4.72 Å². The molecular weight excluding hydrogens is 298 g/mol. The molecule has 0 unspecified atom stereocenters. The lowest BCUT2D eigenvalue weighted by atomic mass is 10.2. The van der Waals surface area contributed by atoms with E-state index in [4.69, 9.17) is 5.11 Å². The number of carboxylic acids is 1. The van der Waals surface area contributed by atoms with Gasteiger partial charge in [-0.1, -0.05) is 5.16 Å². The summed E-state index contributed by atoms with van der Waals surface area (Å²) in [7, 11) is -4.54. The van der Waals surface area contributed by atoms with Crippen LogP contribution >= 0.6 is 0 Å². The Labute approximate surface area is 110 Å². The zero-order chi connectivity index (χ0) is 14.9. The van der Waals surface area contributed by atoms with Crippen molar-refractivity contribution >= 4 is 21.8 Å². The number of rotatable bonds is 4. The highest BCUT2D eigenvalue weighted by atomic mass is 32.2. The Morgan fingerprint density at radius 3 is 2.60 bits per heavy atom. The van der Waals surface area contributed by atoms with Crippen LogP contribution < -0.4 is 4.72 Å².